The molecule has 6 atom stereocenters. The number of nitrogens with one attached hydrogen (secondary N) is 1. The van der Waals surface area contributed by atoms with Crippen LogP contribution in [0.5, 0.6) is 5.75 Å². The molecular formula is C30H39N6O8P. The zero-order valence-electron chi connectivity index (χ0n) is 25.9. The number of carbonyl (C=O) groups is 1. The molecule has 0 bridgehead atoms. The predicted octanol–water partition coefficient (Wildman–Crippen LogP) is 4.11. The largest absolute Gasteiger partial charge is 0.464 e. The predicted molar refractivity (Wildman–Crippen MR) is 162 cm³/mol. The number of aromatic nitrogens is 3. The number of nitrogens with zero attached hydrogens (tertiary/aromatic N) is 4. The molecule has 2 aliphatic heterocycles. The summed E-state index contributed by atoms with van der Waals surface area (Å²) in [5.41, 5.74) is 5.17. The van der Waals surface area contributed by atoms with Crippen molar-refractivity contribution in [1.29, 1.82) is 5.26 Å². The summed E-state index contributed by atoms with van der Waals surface area (Å²) in [7, 11) is -4.24. The standard InChI is InChI=1S/C30H39N6O8P/c1-6-20(7-2)15-39-28(37)19(3)35-45(38,44-21-11-9-8-10-12-21)40-16-23-25-26(43-29(4,5)42-25)30(17-31,41-23)24-14-13-22-27(32)33-18-34-36(22)24/h8-14,18-20,23,25-26H,6-7,15-16H2,1-5H3,(H,35,38)(H2,32,33,34)/t19?,23-,25-,26-,30+,45?/m1/s1. The molecule has 2 unspecified atom stereocenters. The van der Waals surface area contributed by atoms with Crippen molar-refractivity contribution in [2.75, 3.05) is 18.9 Å². The highest BCUT2D eigenvalue weighted by atomic mass is 31.2. The maximum Gasteiger partial charge on any atom is 0.459 e. The van der Waals surface area contributed by atoms with Gasteiger partial charge in [-0.3, -0.25) is 9.32 Å². The van der Waals surface area contributed by atoms with E-state index in [1.165, 1.54) is 17.8 Å². The minimum atomic E-state index is -4.24. The van der Waals surface area contributed by atoms with Crippen molar-refractivity contribution < 1.29 is 37.4 Å². The molecule has 1 aromatic carbocycles. The van der Waals surface area contributed by atoms with E-state index in [2.05, 4.69) is 21.2 Å². The normalized spacial score (nSPS) is 25.8. The van der Waals surface area contributed by atoms with Gasteiger partial charge in [0.25, 0.3) is 0 Å². The average Bonchev–Trinajstić information content (AvgIpc) is 3.68. The zero-order chi connectivity index (χ0) is 32.4. The van der Waals surface area contributed by atoms with Gasteiger partial charge in [-0.1, -0.05) is 44.9 Å². The van der Waals surface area contributed by atoms with Crippen LogP contribution in [0.15, 0.2) is 48.8 Å². The number of nitrogens with two attached hydrogens (primary N) is 1. The second kappa shape index (κ2) is 13.0. The van der Waals surface area contributed by atoms with E-state index < -0.39 is 49.5 Å². The second-order valence-electron chi connectivity index (χ2n) is 11.5. The lowest BCUT2D eigenvalue weighted by Crippen LogP contribution is -2.40. The molecule has 2 aromatic heterocycles. The zero-order valence-corrected chi connectivity index (χ0v) is 26.8. The van der Waals surface area contributed by atoms with Gasteiger partial charge >= 0.3 is 13.7 Å². The van der Waals surface area contributed by atoms with Crippen LogP contribution in [0.25, 0.3) is 5.52 Å². The number of ether oxygens (including phenoxy) is 4. The Kier molecular flexibility index (Phi) is 9.51. The highest BCUT2D eigenvalue weighted by molar-refractivity contribution is 7.52. The Morgan fingerprint density at radius 1 is 1.18 bits per heavy atom. The van der Waals surface area contributed by atoms with Crippen LogP contribution in [0.1, 0.15) is 53.2 Å². The molecule has 3 N–H and O–H groups in total. The quantitative estimate of drug-likeness (QED) is 0.201. The number of hydrogen-bond donors (Lipinski definition) is 2. The van der Waals surface area contributed by atoms with Gasteiger partial charge in [-0.05, 0) is 51.0 Å². The van der Waals surface area contributed by atoms with Gasteiger partial charge in [0.05, 0.1) is 18.9 Å². The molecule has 45 heavy (non-hydrogen) atoms. The van der Waals surface area contributed by atoms with Gasteiger partial charge in [-0.2, -0.15) is 15.4 Å². The minimum absolute atomic E-state index is 0.219. The molecule has 0 aliphatic carbocycles. The van der Waals surface area contributed by atoms with E-state index in [4.69, 9.17) is 33.7 Å². The second-order valence-corrected chi connectivity index (χ2v) is 13.2. The number of esters is 1. The van der Waals surface area contributed by atoms with Crippen molar-refractivity contribution in [2.45, 2.75) is 83.2 Å². The van der Waals surface area contributed by atoms with Crippen LogP contribution in [0.4, 0.5) is 5.82 Å². The van der Waals surface area contributed by atoms with Crippen molar-refractivity contribution in [3.8, 4) is 11.8 Å². The smallest absolute Gasteiger partial charge is 0.459 e. The molecule has 2 saturated heterocycles. The molecule has 2 fully saturated rings. The number of benzene rings is 1. The number of rotatable bonds is 13. The summed E-state index contributed by atoms with van der Waals surface area (Å²) in [4.78, 5) is 16.9. The number of fused-ring (bicyclic) bond motifs is 2. The molecule has 5 rings (SSSR count). The third-order valence-corrected chi connectivity index (χ3v) is 9.60. The highest BCUT2D eigenvalue weighted by Gasteiger charge is 2.65. The van der Waals surface area contributed by atoms with Gasteiger partial charge in [0.1, 0.15) is 48.0 Å². The first-order valence-corrected chi connectivity index (χ1v) is 16.5. The third-order valence-electron chi connectivity index (χ3n) is 7.96. The van der Waals surface area contributed by atoms with Crippen LogP contribution in [-0.4, -0.2) is 63.9 Å². The monoisotopic (exact) mass is 642 g/mol. The molecule has 0 saturated carbocycles. The number of carbonyl (C=O) groups excluding carboxylic acids is 1. The Morgan fingerprint density at radius 2 is 1.91 bits per heavy atom. The maximum atomic E-state index is 14.2. The van der Waals surface area contributed by atoms with Crippen molar-refractivity contribution in [1.82, 2.24) is 19.7 Å². The van der Waals surface area contributed by atoms with Crippen LogP contribution >= 0.6 is 7.75 Å². The van der Waals surface area contributed by atoms with Gasteiger partial charge in [0.15, 0.2) is 11.6 Å². The summed E-state index contributed by atoms with van der Waals surface area (Å²) in [6, 6.07) is 13.0. The maximum absolute atomic E-state index is 14.2. The van der Waals surface area contributed by atoms with Crippen molar-refractivity contribution in [2.24, 2.45) is 5.92 Å². The fourth-order valence-electron chi connectivity index (χ4n) is 5.49. The average molecular weight is 643 g/mol. The summed E-state index contributed by atoms with van der Waals surface area (Å²) in [5, 5.41) is 17.6. The Labute approximate surface area is 261 Å². The van der Waals surface area contributed by atoms with E-state index >= 15 is 0 Å². The SMILES string of the molecule is CCC(CC)COC(=O)C(C)NP(=O)(OC[C@H]1O[C@@](C#N)(c2ccc3c(N)ncnn23)[C@@H]2OC(C)(C)O[C@@H]21)Oc1ccccc1. The van der Waals surface area contributed by atoms with Gasteiger partial charge in [-0.25, -0.2) is 14.1 Å². The first-order chi connectivity index (χ1) is 21.4. The molecule has 4 heterocycles. The summed E-state index contributed by atoms with van der Waals surface area (Å²) in [5.74, 6) is -0.980. The first-order valence-electron chi connectivity index (χ1n) is 14.9. The number of para-hydroxylation sites is 1. The number of nitriles is 1. The van der Waals surface area contributed by atoms with E-state index in [-0.39, 0.29) is 30.7 Å². The topological polar surface area (TPSA) is 182 Å². The van der Waals surface area contributed by atoms with Gasteiger partial charge in [0.2, 0.25) is 5.60 Å². The molecule has 0 amide bonds. The molecule has 2 aliphatic rings. The summed E-state index contributed by atoms with van der Waals surface area (Å²) < 4.78 is 51.7. The Bertz CT molecular complexity index is 1590. The third kappa shape index (κ3) is 6.70. The molecule has 0 spiro atoms. The number of hydrogen-bond acceptors (Lipinski definition) is 12. The van der Waals surface area contributed by atoms with E-state index in [9.17, 15) is 14.6 Å². The highest BCUT2D eigenvalue weighted by Crippen LogP contribution is 2.51. The van der Waals surface area contributed by atoms with E-state index in [1.807, 2.05) is 13.8 Å². The Hall–Kier alpha value is -3.57. The number of anilines is 1. The molecular weight excluding hydrogens is 603 g/mol. The molecule has 0 radical (unpaired) electrons. The summed E-state index contributed by atoms with van der Waals surface area (Å²) >= 11 is 0. The minimum Gasteiger partial charge on any atom is -0.464 e. The van der Waals surface area contributed by atoms with Gasteiger partial charge < -0.3 is 29.2 Å². The fraction of sp³-hybridized carbons (Fsp3) is 0.533. The lowest BCUT2D eigenvalue weighted by molar-refractivity contribution is -0.204. The van der Waals surface area contributed by atoms with E-state index in [0.29, 0.717) is 11.2 Å². The Morgan fingerprint density at radius 3 is 2.60 bits per heavy atom. The van der Waals surface area contributed by atoms with Crippen molar-refractivity contribution >= 4 is 25.1 Å². The Balaban J connectivity index is 1.40. The van der Waals surface area contributed by atoms with E-state index in [0.717, 1.165) is 12.8 Å². The first kappa shape index (κ1) is 32.8. The van der Waals surface area contributed by atoms with Gasteiger partial charge in [-0.15, -0.1) is 0 Å². The molecule has 15 heteroatoms. The van der Waals surface area contributed by atoms with Crippen molar-refractivity contribution in [3.05, 3.63) is 54.5 Å². The summed E-state index contributed by atoms with van der Waals surface area (Å²) in [6.07, 6.45) is 0.325. The molecule has 14 nitrogen and oxygen atoms in total. The number of nitrogen functional groups attached to an aromatic ring is 1. The van der Waals surface area contributed by atoms with Crippen molar-refractivity contribution in [3.63, 3.8) is 0 Å². The van der Waals surface area contributed by atoms with Gasteiger partial charge in [0, 0.05) is 0 Å². The molecule has 3 aromatic rings. The van der Waals surface area contributed by atoms with E-state index in [1.54, 1.807) is 56.3 Å². The van der Waals surface area contributed by atoms with Crippen LogP contribution in [0, 0.1) is 17.2 Å². The van der Waals surface area contributed by atoms with Crippen LogP contribution in [0.3, 0.4) is 0 Å². The fourth-order valence-corrected chi connectivity index (χ4v) is 6.99. The molecule has 242 valence electrons. The van der Waals surface area contributed by atoms with Crippen LogP contribution < -0.4 is 15.3 Å². The van der Waals surface area contributed by atoms with Crippen LogP contribution in [0.2, 0.25) is 0 Å². The lowest BCUT2D eigenvalue weighted by atomic mass is 9.92. The lowest BCUT2D eigenvalue weighted by Gasteiger charge is -2.29. The summed E-state index contributed by atoms with van der Waals surface area (Å²) in [6.45, 7) is 8.91. The van der Waals surface area contributed by atoms with Crippen LogP contribution in [-0.2, 0) is 38.4 Å².